The van der Waals surface area contributed by atoms with Crippen molar-refractivity contribution in [2.45, 2.75) is 26.8 Å². The maximum absolute atomic E-state index is 11.6. The molecule has 1 rings (SSSR count). The Morgan fingerprint density at radius 1 is 1.25 bits per heavy atom. The third-order valence-electron chi connectivity index (χ3n) is 2.79. The topological polar surface area (TPSA) is 55.4 Å². The van der Waals surface area contributed by atoms with E-state index in [1.54, 1.807) is 12.1 Å². The molecule has 0 spiro atoms. The van der Waals surface area contributed by atoms with Gasteiger partial charge < -0.3 is 10.1 Å². The summed E-state index contributed by atoms with van der Waals surface area (Å²) in [5, 5.41) is 3.81. The molecule has 0 aliphatic rings. The van der Waals surface area contributed by atoms with Crippen molar-refractivity contribution in [1.29, 1.82) is 0 Å². The van der Waals surface area contributed by atoms with Crippen molar-refractivity contribution in [3.8, 4) is 5.75 Å². The van der Waals surface area contributed by atoms with Crippen LogP contribution in [0.1, 0.15) is 25.8 Å². The highest BCUT2D eigenvalue weighted by molar-refractivity contribution is 7.91. The lowest BCUT2D eigenvalue weighted by Crippen LogP contribution is -2.18. The Labute approximate surface area is 126 Å². The molecule has 0 amide bonds. The van der Waals surface area contributed by atoms with Crippen LogP contribution in [0.3, 0.4) is 0 Å². The molecular formula is C14H22ClNO3S. The van der Waals surface area contributed by atoms with Crippen molar-refractivity contribution < 1.29 is 13.2 Å². The predicted octanol–water partition coefficient (Wildman–Crippen LogP) is 2.65. The Bertz CT molecular complexity index is 517. The molecule has 0 saturated carbocycles. The first-order valence-corrected chi connectivity index (χ1v) is 9.01. The van der Waals surface area contributed by atoms with Gasteiger partial charge >= 0.3 is 0 Å². The van der Waals surface area contributed by atoms with Gasteiger partial charge in [0, 0.05) is 17.1 Å². The van der Waals surface area contributed by atoms with Crippen molar-refractivity contribution in [1.82, 2.24) is 5.32 Å². The van der Waals surface area contributed by atoms with Gasteiger partial charge in [0.25, 0.3) is 0 Å². The standard InChI is InChI=1S/C14H22ClNO3S/c1-3-9-20(17,18)10-8-19-14-7-5-6-13(15)12(14)11-16-4-2/h5-7,16H,3-4,8-11H2,1-2H3. The maximum Gasteiger partial charge on any atom is 0.153 e. The number of nitrogens with one attached hydrogen (secondary N) is 1. The Morgan fingerprint density at radius 3 is 2.65 bits per heavy atom. The predicted molar refractivity (Wildman–Crippen MR) is 83.3 cm³/mol. The van der Waals surface area contributed by atoms with E-state index in [0.717, 1.165) is 12.1 Å². The smallest absolute Gasteiger partial charge is 0.153 e. The van der Waals surface area contributed by atoms with Crippen LogP contribution in [0.2, 0.25) is 5.02 Å². The van der Waals surface area contributed by atoms with E-state index in [4.69, 9.17) is 16.3 Å². The number of hydrogen-bond donors (Lipinski definition) is 1. The second-order valence-corrected chi connectivity index (χ2v) is 7.21. The molecule has 1 N–H and O–H groups in total. The fourth-order valence-corrected chi connectivity index (χ4v) is 3.18. The molecule has 0 heterocycles. The molecule has 0 fully saturated rings. The minimum atomic E-state index is -3.02. The van der Waals surface area contributed by atoms with E-state index in [-0.39, 0.29) is 18.1 Å². The molecule has 0 aliphatic carbocycles. The van der Waals surface area contributed by atoms with E-state index < -0.39 is 9.84 Å². The lowest BCUT2D eigenvalue weighted by molar-refractivity contribution is 0.336. The van der Waals surface area contributed by atoms with Crippen LogP contribution < -0.4 is 10.1 Å². The molecule has 0 atom stereocenters. The Balaban J connectivity index is 2.66. The highest BCUT2D eigenvalue weighted by Crippen LogP contribution is 2.26. The Kier molecular flexibility index (Phi) is 7.34. The van der Waals surface area contributed by atoms with Gasteiger partial charge in [0.05, 0.1) is 11.5 Å². The zero-order valence-electron chi connectivity index (χ0n) is 12.0. The first-order valence-electron chi connectivity index (χ1n) is 6.81. The number of benzene rings is 1. The summed E-state index contributed by atoms with van der Waals surface area (Å²) >= 11 is 6.15. The zero-order valence-corrected chi connectivity index (χ0v) is 13.6. The van der Waals surface area contributed by atoms with Crippen molar-refractivity contribution in [2.24, 2.45) is 0 Å². The van der Waals surface area contributed by atoms with Crippen LogP contribution in [0.15, 0.2) is 18.2 Å². The van der Waals surface area contributed by atoms with Gasteiger partial charge in [0.2, 0.25) is 0 Å². The monoisotopic (exact) mass is 319 g/mol. The molecule has 0 radical (unpaired) electrons. The van der Waals surface area contributed by atoms with Gasteiger partial charge in [-0.1, -0.05) is 31.5 Å². The third kappa shape index (κ3) is 5.69. The highest BCUT2D eigenvalue weighted by atomic mass is 35.5. The molecular weight excluding hydrogens is 298 g/mol. The number of rotatable bonds is 9. The summed E-state index contributed by atoms with van der Waals surface area (Å²) in [5.41, 5.74) is 0.865. The number of hydrogen-bond acceptors (Lipinski definition) is 4. The summed E-state index contributed by atoms with van der Waals surface area (Å²) in [7, 11) is -3.02. The van der Waals surface area contributed by atoms with Gasteiger partial charge in [-0.3, -0.25) is 0 Å². The zero-order chi connectivity index (χ0) is 15.0. The van der Waals surface area contributed by atoms with E-state index >= 15 is 0 Å². The molecule has 6 heteroatoms. The van der Waals surface area contributed by atoms with Gasteiger partial charge in [0.1, 0.15) is 12.4 Å². The Morgan fingerprint density at radius 2 is 2.00 bits per heavy atom. The molecule has 4 nitrogen and oxygen atoms in total. The van der Waals surface area contributed by atoms with E-state index in [1.165, 1.54) is 0 Å². The third-order valence-corrected chi connectivity index (χ3v) is 4.97. The van der Waals surface area contributed by atoms with Gasteiger partial charge in [0.15, 0.2) is 9.84 Å². The quantitative estimate of drug-likeness (QED) is 0.760. The van der Waals surface area contributed by atoms with Crippen molar-refractivity contribution in [2.75, 3.05) is 24.7 Å². The van der Waals surface area contributed by atoms with Crippen LogP contribution in [-0.2, 0) is 16.4 Å². The summed E-state index contributed by atoms with van der Waals surface area (Å²) in [5.74, 6) is 0.884. The number of halogens is 1. The first kappa shape index (κ1) is 17.3. The van der Waals surface area contributed by atoms with Crippen LogP contribution in [0.5, 0.6) is 5.75 Å². The minimum Gasteiger partial charge on any atom is -0.492 e. The van der Waals surface area contributed by atoms with Gasteiger partial charge in [-0.2, -0.15) is 0 Å². The molecule has 0 aliphatic heterocycles. The fourth-order valence-electron chi connectivity index (χ4n) is 1.79. The number of sulfone groups is 1. The van der Waals surface area contributed by atoms with Gasteiger partial charge in [-0.05, 0) is 25.1 Å². The van der Waals surface area contributed by atoms with Crippen LogP contribution in [-0.4, -0.2) is 33.1 Å². The van der Waals surface area contributed by atoms with E-state index in [1.807, 2.05) is 19.9 Å². The van der Waals surface area contributed by atoms with Crippen LogP contribution in [0.25, 0.3) is 0 Å². The molecule has 0 unspecified atom stereocenters. The highest BCUT2D eigenvalue weighted by Gasteiger charge is 2.12. The SMILES string of the molecule is CCCS(=O)(=O)CCOc1cccc(Cl)c1CNCC. The van der Waals surface area contributed by atoms with Gasteiger partial charge in [-0.15, -0.1) is 0 Å². The Hall–Kier alpha value is -0.780. The lowest BCUT2D eigenvalue weighted by Gasteiger charge is -2.13. The average Bonchev–Trinajstić information content (AvgIpc) is 2.37. The molecule has 20 heavy (non-hydrogen) atoms. The largest absolute Gasteiger partial charge is 0.492 e. The molecule has 0 saturated heterocycles. The van der Waals surface area contributed by atoms with Gasteiger partial charge in [-0.25, -0.2) is 8.42 Å². The normalized spacial score (nSPS) is 11.6. The summed E-state index contributed by atoms with van der Waals surface area (Å²) in [6, 6.07) is 5.41. The second-order valence-electron chi connectivity index (χ2n) is 4.50. The van der Waals surface area contributed by atoms with E-state index in [2.05, 4.69) is 5.32 Å². The minimum absolute atomic E-state index is 0.0357. The molecule has 0 bridgehead atoms. The van der Waals surface area contributed by atoms with Crippen LogP contribution in [0, 0.1) is 0 Å². The van der Waals surface area contributed by atoms with E-state index in [9.17, 15) is 8.42 Å². The lowest BCUT2D eigenvalue weighted by atomic mass is 10.2. The molecule has 1 aromatic rings. The first-order chi connectivity index (χ1) is 9.50. The maximum atomic E-state index is 11.6. The summed E-state index contributed by atoms with van der Waals surface area (Å²) < 4.78 is 28.8. The molecule has 0 aromatic heterocycles. The van der Waals surface area contributed by atoms with Crippen molar-refractivity contribution in [3.63, 3.8) is 0 Å². The number of ether oxygens (including phenoxy) is 1. The molecule has 1 aromatic carbocycles. The average molecular weight is 320 g/mol. The van der Waals surface area contributed by atoms with E-state index in [0.29, 0.717) is 23.7 Å². The summed E-state index contributed by atoms with van der Waals surface area (Å²) in [4.78, 5) is 0. The molecule has 114 valence electrons. The van der Waals surface area contributed by atoms with Crippen LogP contribution in [0.4, 0.5) is 0 Å². The van der Waals surface area contributed by atoms with Crippen LogP contribution >= 0.6 is 11.6 Å². The second kappa shape index (κ2) is 8.49. The van der Waals surface area contributed by atoms with Crippen molar-refractivity contribution >= 4 is 21.4 Å². The summed E-state index contributed by atoms with van der Waals surface area (Å²) in [6.45, 7) is 5.45. The van der Waals surface area contributed by atoms with Crippen molar-refractivity contribution in [3.05, 3.63) is 28.8 Å². The fraction of sp³-hybridized carbons (Fsp3) is 0.571. The summed E-state index contributed by atoms with van der Waals surface area (Å²) in [6.07, 6.45) is 0.630.